The first kappa shape index (κ1) is 24.4. The fourth-order valence-electron chi connectivity index (χ4n) is 3.43. The number of rotatable bonds is 19. The van der Waals surface area contributed by atoms with Crippen LogP contribution in [0, 0.1) is 5.92 Å². The van der Waals surface area contributed by atoms with Crippen LogP contribution in [0.25, 0.3) is 0 Å². The Labute approximate surface area is 155 Å². The molecule has 1 unspecified atom stereocenters. The van der Waals surface area contributed by atoms with Crippen LogP contribution in [-0.4, -0.2) is 27.6 Å². The van der Waals surface area contributed by atoms with Gasteiger partial charge in [-0.2, -0.15) is 0 Å². The second-order valence-electron chi connectivity index (χ2n) is 7.55. The van der Waals surface area contributed by atoms with Gasteiger partial charge in [0.2, 0.25) is 0 Å². The number of hydrogen-bond acceptors (Lipinski definition) is 3. The molecule has 0 aliphatic rings. The molecule has 0 aliphatic heterocycles. The van der Waals surface area contributed by atoms with Gasteiger partial charge in [0.15, 0.2) is 6.29 Å². The summed E-state index contributed by atoms with van der Waals surface area (Å²) < 4.78 is 0. The van der Waals surface area contributed by atoms with E-state index >= 15 is 0 Å². The molecule has 1 atom stereocenters. The maximum atomic E-state index is 10.9. The van der Waals surface area contributed by atoms with Gasteiger partial charge in [0.1, 0.15) is 0 Å². The van der Waals surface area contributed by atoms with Crippen LogP contribution in [0.5, 0.6) is 0 Å². The minimum Gasteiger partial charge on any atom is -0.481 e. The van der Waals surface area contributed by atoms with Crippen LogP contribution in [0.4, 0.5) is 0 Å². The maximum Gasteiger partial charge on any atom is 0.303 e. The van der Waals surface area contributed by atoms with E-state index in [2.05, 4.69) is 6.92 Å². The smallest absolute Gasteiger partial charge is 0.303 e. The van der Waals surface area contributed by atoms with Crippen molar-refractivity contribution in [2.75, 3.05) is 0 Å². The van der Waals surface area contributed by atoms with Crippen LogP contribution in [-0.2, 0) is 4.79 Å². The summed E-state index contributed by atoms with van der Waals surface area (Å²) in [6.07, 6.45) is 17.6. The fraction of sp³-hybridized carbons (Fsp3) is 0.952. The average molecular weight is 359 g/mol. The molecule has 0 aromatic heterocycles. The number of unbranched alkanes of at least 4 members (excludes halogenated alkanes) is 12. The van der Waals surface area contributed by atoms with Crippen molar-refractivity contribution >= 4 is 5.97 Å². The number of carbonyl (C=O) groups is 1. The van der Waals surface area contributed by atoms with Crippen LogP contribution in [0.15, 0.2) is 0 Å². The first-order chi connectivity index (χ1) is 12.1. The number of carboxylic acid groups (broad SMARTS) is 1. The first-order valence-corrected chi connectivity index (χ1v) is 10.6. The Balaban J connectivity index is 3.42. The van der Waals surface area contributed by atoms with Gasteiger partial charge in [0.05, 0.1) is 0 Å². The number of hydrogen-bond donors (Lipinski definition) is 3. The molecule has 4 heteroatoms. The van der Waals surface area contributed by atoms with Gasteiger partial charge in [0, 0.05) is 6.42 Å². The summed E-state index contributed by atoms with van der Waals surface area (Å²) in [5, 5.41) is 26.8. The van der Waals surface area contributed by atoms with E-state index < -0.39 is 12.3 Å². The summed E-state index contributed by atoms with van der Waals surface area (Å²) in [5.41, 5.74) is 0. The Kier molecular flexibility index (Phi) is 17.7. The van der Waals surface area contributed by atoms with E-state index in [9.17, 15) is 4.79 Å². The zero-order valence-electron chi connectivity index (χ0n) is 16.4. The topological polar surface area (TPSA) is 77.8 Å². The van der Waals surface area contributed by atoms with Gasteiger partial charge in [-0.1, -0.05) is 90.4 Å². The van der Waals surface area contributed by atoms with Crippen molar-refractivity contribution in [3.8, 4) is 0 Å². The lowest BCUT2D eigenvalue weighted by atomic mass is 9.92. The highest BCUT2D eigenvalue weighted by Crippen LogP contribution is 2.21. The molecular formula is C21H42O4. The van der Waals surface area contributed by atoms with E-state index in [0.29, 0.717) is 6.42 Å². The molecule has 150 valence electrons. The summed E-state index contributed by atoms with van der Waals surface area (Å²) in [5.74, 6) is -0.709. The van der Waals surface area contributed by atoms with Gasteiger partial charge in [-0.15, -0.1) is 0 Å². The van der Waals surface area contributed by atoms with E-state index in [1.54, 1.807) is 0 Å². The highest BCUT2D eigenvalue weighted by Gasteiger charge is 2.14. The van der Waals surface area contributed by atoms with Crippen molar-refractivity contribution in [3.63, 3.8) is 0 Å². The second-order valence-corrected chi connectivity index (χ2v) is 7.55. The third-order valence-corrected chi connectivity index (χ3v) is 5.01. The summed E-state index contributed by atoms with van der Waals surface area (Å²) >= 11 is 0. The Bertz CT molecular complexity index is 292. The second kappa shape index (κ2) is 18.2. The molecule has 3 N–H and O–H groups in total. The van der Waals surface area contributed by atoms with Crippen LogP contribution < -0.4 is 0 Å². The molecule has 0 rings (SSSR count). The maximum absolute atomic E-state index is 10.9. The van der Waals surface area contributed by atoms with Crippen LogP contribution >= 0.6 is 0 Å². The largest absolute Gasteiger partial charge is 0.481 e. The molecular weight excluding hydrogens is 316 g/mol. The number of aliphatic hydroxyl groups is 2. The van der Waals surface area contributed by atoms with E-state index in [1.807, 2.05) is 0 Å². The average Bonchev–Trinajstić information content (AvgIpc) is 2.56. The number of aliphatic carboxylic acids is 1. The molecule has 0 saturated heterocycles. The number of aliphatic hydroxyl groups excluding tert-OH is 1. The first-order valence-electron chi connectivity index (χ1n) is 10.6. The van der Waals surface area contributed by atoms with E-state index in [1.165, 1.54) is 70.6 Å². The Hall–Kier alpha value is -0.610. The lowest BCUT2D eigenvalue weighted by molar-refractivity contribution is -0.138. The van der Waals surface area contributed by atoms with Crippen molar-refractivity contribution in [1.82, 2.24) is 0 Å². The molecule has 0 amide bonds. The van der Waals surface area contributed by atoms with E-state index in [-0.39, 0.29) is 18.8 Å². The Morgan fingerprint density at radius 3 is 1.52 bits per heavy atom. The number of carboxylic acids is 1. The molecule has 25 heavy (non-hydrogen) atoms. The highest BCUT2D eigenvalue weighted by atomic mass is 16.5. The van der Waals surface area contributed by atoms with Crippen molar-refractivity contribution in [3.05, 3.63) is 0 Å². The van der Waals surface area contributed by atoms with Gasteiger partial charge < -0.3 is 15.3 Å². The molecule has 0 heterocycles. The summed E-state index contributed by atoms with van der Waals surface area (Å²) in [6.45, 7) is 2.26. The quantitative estimate of drug-likeness (QED) is 0.206. The molecule has 0 saturated carbocycles. The van der Waals surface area contributed by atoms with Crippen LogP contribution in [0.1, 0.15) is 116 Å². The summed E-state index contributed by atoms with van der Waals surface area (Å²) in [6, 6.07) is 0. The van der Waals surface area contributed by atoms with Crippen molar-refractivity contribution in [2.24, 2.45) is 5.92 Å². The molecule has 0 fully saturated rings. The Morgan fingerprint density at radius 1 is 0.680 bits per heavy atom. The van der Waals surface area contributed by atoms with E-state index in [4.69, 9.17) is 15.3 Å². The van der Waals surface area contributed by atoms with E-state index in [0.717, 1.165) is 19.3 Å². The molecule has 0 aromatic carbocycles. The third-order valence-electron chi connectivity index (χ3n) is 5.01. The lowest BCUT2D eigenvalue weighted by Crippen LogP contribution is -2.12. The molecule has 0 radical (unpaired) electrons. The normalized spacial score (nSPS) is 12.6. The van der Waals surface area contributed by atoms with Crippen LogP contribution in [0.3, 0.4) is 0 Å². The summed E-state index contributed by atoms with van der Waals surface area (Å²) in [4.78, 5) is 10.9. The fourth-order valence-corrected chi connectivity index (χ4v) is 3.43. The third kappa shape index (κ3) is 19.6. The SMILES string of the molecule is CCCCCCCCCCCCCCCC(CCC(O)O)CC(=O)O. The molecule has 4 nitrogen and oxygen atoms in total. The highest BCUT2D eigenvalue weighted by molar-refractivity contribution is 5.66. The van der Waals surface area contributed by atoms with Gasteiger partial charge >= 0.3 is 5.97 Å². The zero-order chi connectivity index (χ0) is 18.8. The molecule has 0 bridgehead atoms. The van der Waals surface area contributed by atoms with Crippen LogP contribution in [0.2, 0.25) is 0 Å². The zero-order valence-corrected chi connectivity index (χ0v) is 16.4. The van der Waals surface area contributed by atoms with Crippen molar-refractivity contribution in [1.29, 1.82) is 0 Å². The molecule has 0 aromatic rings. The summed E-state index contributed by atoms with van der Waals surface area (Å²) in [7, 11) is 0. The van der Waals surface area contributed by atoms with Crippen molar-refractivity contribution in [2.45, 2.75) is 122 Å². The minimum absolute atomic E-state index is 0.0759. The predicted molar refractivity (Wildman–Crippen MR) is 104 cm³/mol. The van der Waals surface area contributed by atoms with Gasteiger partial charge in [-0.25, -0.2) is 0 Å². The predicted octanol–water partition coefficient (Wildman–Crippen LogP) is 5.65. The monoisotopic (exact) mass is 358 g/mol. The molecule has 0 spiro atoms. The standard InChI is InChI=1S/C21H42O4/c1-2-3-4-5-6-7-8-9-10-11-12-13-14-15-19(18-21(24)25)16-17-20(22)23/h19-20,22-23H,2-18H2,1H3,(H,24,25). The minimum atomic E-state index is -1.32. The molecule has 0 aliphatic carbocycles. The lowest BCUT2D eigenvalue weighted by Gasteiger charge is -2.15. The van der Waals surface area contributed by atoms with Gasteiger partial charge in [0.25, 0.3) is 0 Å². The Morgan fingerprint density at radius 2 is 1.12 bits per heavy atom. The van der Waals surface area contributed by atoms with Gasteiger partial charge in [-0.3, -0.25) is 4.79 Å². The van der Waals surface area contributed by atoms with Crippen molar-refractivity contribution < 1.29 is 20.1 Å². The van der Waals surface area contributed by atoms with Gasteiger partial charge in [-0.05, 0) is 25.2 Å².